The highest BCUT2D eigenvalue weighted by molar-refractivity contribution is 14.1. The molecule has 0 fully saturated rings. The molecule has 0 bridgehead atoms. The van der Waals surface area contributed by atoms with Crippen molar-refractivity contribution < 1.29 is 19.6 Å². The zero-order valence-electron chi connectivity index (χ0n) is 10.00. The molecule has 0 radical (unpaired) electrons. The minimum atomic E-state index is -0.988. The minimum Gasteiger partial charge on any atom is -0.481 e. The highest BCUT2D eigenvalue weighted by Crippen LogP contribution is 2.20. The molecule has 0 aliphatic rings. The summed E-state index contributed by atoms with van der Waals surface area (Å²) >= 11 is 1.84. The number of hydrogen-bond acceptors (Lipinski definition) is 4. The first-order valence-electron chi connectivity index (χ1n) is 5.24. The van der Waals surface area contributed by atoms with Gasteiger partial charge in [-0.3, -0.25) is 19.7 Å². The molecule has 1 aromatic rings. The van der Waals surface area contributed by atoms with Crippen LogP contribution in [0, 0.1) is 13.7 Å². The lowest BCUT2D eigenvalue weighted by Crippen LogP contribution is -2.29. The number of carbonyl (C=O) groups excluding carboxylic acids is 1. The van der Waals surface area contributed by atoms with E-state index in [2.05, 4.69) is 0 Å². The molecule has 0 aromatic heterocycles. The highest BCUT2D eigenvalue weighted by Gasteiger charge is 2.18. The smallest absolute Gasteiger partial charge is 0.305 e. The molecule has 0 aliphatic heterocycles. The van der Waals surface area contributed by atoms with Crippen LogP contribution in [0.5, 0.6) is 0 Å². The van der Waals surface area contributed by atoms with E-state index in [0.717, 1.165) is 0 Å². The normalized spacial score (nSPS) is 10.0. The standard InChI is InChI=1S/C11H11IN2O5/c1-13(5-4-10(15)16)11(17)8-3-2-7(14(18)19)6-9(8)12/h2-3,6H,4-5H2,1H3,(H,15,16). The maximum absolute atomic E-state index is 12.0. The van der Waals surface area contributed by atoms with Crippen molar-refractivity contribution in [1.82, 2.24) is 4.90 Å². The molecule has 0 atom stereocenters. The van der Waals surface area contributed by atoms with Crippen molar-refractivity contribution in [3.05, 3.63) is 37.4 Å². The van der Waals surface area contributed by atoms with Gasteiger partial charge in [0.1, 0.15) is 0 Å². The number of nitro benzene ring substituents is 1. The molecular weight excluding hydrogens is 367 g/mol. The second-order valence-corrected chi connectivity index (χ2v) is 4.95. The number of non-ortho nitro benzene ring substituents is 1. The van der Waals surface area contributed by atoms with E-state index >= 15 is 0 Å². The molecule has 0 heterocycles. The zero-order chi connectivity index (χ0) is 14.6. The van der Waals surface area contributed by atoms with Gasteiger partial charge in [0.15, 0.2) is 0 Å². The van der Waals surface area contributed by atoms with Gasteiger partial charge in [-0.25, -0.2) is 0 Å². The van der Waals surface area contributed by atoms with E-state index < -0.39 is 10.9 Å². The maximum Gasteiger partial charge on any atom is 0.305 e. The first kappa shape index (κ1) is 15.3. The van der Waals surface area contributed by atoms with Crippen LogP contribution >= 0.6 is 22.6 Å². The van der Waals surface area contributed by atoms with E-state index in [1.54, 1.807) is 0 Å². The number of aliphatic carboxylic acids is 1. The molecule has 0 saturated heterocycles. The Morgan fingerprint density at radius 3 is 2.58 bits per heavy atom. The van der Waals surface area contributed by atoms with E-state index in [0.29, 0.717) is 9.13 Å². The largest absolute Gasteiger partial charge is 0.481 e. The molecule has 1 aromatic carbocycles. The van der Waals surface area contributed by atoms with Crippen molar-refractivity contribution in [2.45, 2.75) is 6.42 Å². The fraction of sp³-hybridized carbons (Fsp3) is 0.273. The van der Waals surface area contributed by atoms with Crippen LogP contribution in [-0.4, -0.2) is 40.4 Å². The molecule has 0 unspecified atom stereocenters. The minimum absolute atomic E-state index is 0.0846. The van der Waals surface area contributed by atoms with E-state index in [-0.39, 0.29) is 24.6 Å². The second kappa shape index (κ2) is 6.45. The SMILES string of the molecule is CN(CCC(=O)O)C(=O)c1ccc([N+](=O)[O-])cc1I. The fourth-order valence-corrected chi connectivity index (χ4v) is 2.09. The third kappa shape index (κ3) is 4.16. The predicted octanol–water partition coefficient (Wildman–Crippen LogP) is 1.75. The molecule has 1 N–H and O–H groups in total. The van der Waals surface area contributed by atoms with E-state index in [1.807, 2.05) is 22.6 Å². The number of halogens is 1. The molecule has 102 valence electrons. The summed E-state index contributed by atoms with van der Waals surface area (Å²) in [4.78, 5) is 33.8. The van der Waals surface area contributed by atoms with Crippen LogP contribution in [0.15, 0.2) is 18.2 Å². The van der Waals surface area contributed by atoms with Crippen LogP contribution in [0.2, 0.25) is 0 Å². The average molecular weight is 378 g/mol. The van der Waals surface area contributed by atoms with E-state index in [4.69, 9.17) is 5.11 Å². The molecular formula is C11H11IN2O5. The Labute approximate surface area is 122 Å². The van der Waals surface area contributed by atoms with Gasteiger partial charge >= 0.3 is 5.97 Å². The first-order valence-corrected chi connectivity index (χ1v) is 6.32. The van der Waals surface area contributed by atoms with Crippen molar-refractivity contribution >= 4 is 40.2 Å². The molecule has 8 heteroatoms. The van der Waals surface area contributed by atoms with Gasteiger partial charge in [-0.2, -0.15) is 0 Å². The number of hydrogen-bond donors (Lipinski definition) is 1. The number of carbonyl (C=O) groups is 2. The van der Waals surface area contributed by atoms with Gasteiger partial charge in [0.25, 0.3) is 11.6 Å². The number of rotatable bonds is 5. The summed E-state index contributed by atoms with van der Waals surface area (Å²) < 4.78 is 0.457. The Bertz CT molecular complexity index is 532. The van der Waals surface area contributed by atoms with Crippen molar-refractivity contribution in [2.75, 3.05) is 13.6 Å². The zero-order valence-corrected chi connectivity index (χ0v) is 12.2. The van der Waals surface area contributed by atoms with Crippen LogP contribution in [0.1, 0.15) is 16.8 Å². The topological polar surface area (TPSA) is 101 Å². The summed E-state index contributed by atoms with van der Waals surface area (Å²) in [6.45, 7) is 0.0846. The first-order chi connectivity index (χ1) is 8.82. The molecule has 0 spiro atoms. The van der Waals surface area contributed by atoms with Gasteiger partial charge in [0.2, 0.25) is 0 Å². The van der Waals surface area contributed by atoms with Crippen LogP contribution in [0.25, 0.3) is 0 Å². The summed E-state index contributed by atoms with van der Waals surface area (Å²) in [5.41, 5.74) is 0.230. The Morgan fingerprint density at radius 1 is 1.47 bits per heavy atom. The predicted molar refractivity (Wildman–Crippen MR) is 75.0 cm³/mol. The summed E-state index contributed by atoms with van der Waals surface area (Å²) in [6, 6.07) is 3.93. The fourth-order valence-electron chi connectivity index (χ4n) is 1.36. The van der Waals surface area contributed by atoms with Crippen LogP contribution in [0.3, 0.4) is 0 Å². The lowest BCUT2D eigenvalue weighted by molar-refractivity contribution is -0.384. The molecule has 0 aliphatic carbocycles. The molecule has 7 nitrogen and oxygen atoms in total. The lowest BCUT2D eigenvalue weighted by atomic mass is 10.2. The highest BCUT2D eigenvalue weighted by atomic mass is 127. The third-order valence-corrected chi connectivity index (χ3v) is 3.29. The lowest BCUT2D eigenvalue weighted by Gasteiger charge is -2.16. The summed E-state index contributed by atoms with van der Waals surface area (Å²) in [5.74, 6) is -1.35. The second-order valence-electron chi connectivity index (χ2n) is 3.79. The third-order valence-electron chi connectivity index (χ3n) is 2.40. The Morgan fingerprint density at radius 2 is 2.11 bits per heavy atom. The number of benzene rings is 1. The molecule has 1 amide bonds. The summed E-state index contributed by atoms with van der Waals surface area (Å²) in [5, 5.41) is 19.1. The quantitative estimate of drug-likeness (QED) is 0.478. The van der Waals surface area contributed by atoms with Gasteiger partial charge in [0.05, 0.1) is 16.9 Å². The molecule has 0 saturated carbocycles. The number of nitro groups is 1. The number of nitrogens with zero attached hydrogens (tertiary/aromatic N) is 2. The van der Waals surface area contributed by atoms with Crippen molar-refractivity contribution in [3.63, 3.8) is 0 Å². The van der Waals surface area contributed by atoms with E-state index in [1.165, 1.54) is 30.1 Å². The summed E-state index contributed by atoms with van der Waals surface area (Å²) in [6.07, 6.45) is -0.147. The number of carboxylic acid groups (broad SMARTS) is 1. The van der Waals surface area contributed by atoms with Crippen LogP contribution < -0.4 is 0 Å². The molecule has 19 heavy (non-hydrogen) atoms. The van der Waals surface area contributed by atoms with Gasteiger partial charge in [0, 0.05) is 29.3 Å². The Kier molecular flexibility index (Phi) is 5.21. The van der Waals surface area contributed by atoms with Crippen molar-refractivity contribution in [1.29, 1.82) is 0 Å². The number of carboxylic acids is 1. The van der Waals surface area contributed by atoms with E-state index in [9.17, 15) is 19.7 Å². The number of amides is 1. The van der Waals surface area contributed by atoms with Gasteiger partial charge in [-0.1, -0.05) is 0 Å². The van der Waals surface area contributed by atoms with Gasteiger partial charge < -0.3 is 10.0 Å². The van der Waals surface area contributed by atoms with Crippen molar-refractivity contribution in [2.24, 2.45) is 0 Å². The van der Waals surface area contributed by atoms with Crippen LogP contribution in [-0.2, 0) is 4.79 Å². The molecule has 1 rings (SSSR count). The maximum atomic E-state index is 12.0. The van der Waals surface area contributed by atoms with Gasteiger partial charge in [-0.15, -0.1) is 0 Å². The monoisotopic (exact) mass is 378 g/mol. The summed E-state index contributed by atoms with van der Waals surface area (Å²) in [7, 11) is 1.49. The van der Waals surface area contributed by atoms with Crippen LogP contribution in [0.4, 0.5) is 5.69 Å². The van der Waals surface area contributed by atoms with Gasteiger partial charge in [-0.05, 0) is 28.7 Å². The van der Waals surface area contributed by atoms with Crippen molar-refractivity contribution in [3.8, 4) is 0 Å². The Balaban J connectivity index is 2.88. The Hall–Kier alpha value is -1.71. The average Bonchev–Trinajstić information content (AvgIpc) is 2.34.